The first-order chi connectivity index (χ1) is 15.9. The third kappa shape index (κ3) is 4.31. The number of thioether (sulfide) groups is 2. The fraction of sp³-hybridized carbons (Fsp3) is 0.190. The second-order valence-corrected chi connectivity index (χ2v) is 9.50. The van der Waals surface area contributed by atoms with Crippen molar-refractivity contribution in [2.24, 2.45) is 4.99 Å². The average Bonchev–Trinajstić information content (AvgIpc) is 3.51. The molecule has 0 amide bonds. The number of carboxylic acids is 1. The van der Waals surface area contributed by atoms with E-state index < -0.39 is 11.5 Å². The molecule has 1 aliphatic rings. The highest BCUT2D eigenvalue weighted by Crippen LogP contribution is 2.34. The number of hydrogen-bond donors (Lipinski definition) is 3. The van der Waals surface area contributed by atoms with E-state index in [1.807, 2.05) is 6.07 Å². The summed E-state index contributed by atoms with van der Waals surface area (Å²) >= 11 is 2.74. The normalized spacial score (nSPS) is 18.0. The van der Waals surface area contributed by atoms with Crippen LogP contribution < -0.4 is 0 Å². The van der Waals surface area contributed by atoms with Crippen LogP contribution in [0.5, 0.6) is 5.75 Å². The zero-order chi connectivity index (χ0) is 23.0. The quantitative estimate of drug-likeness (QED) is 0.341. The number of tetrazole rings is 1. The molecule has 0 bridgehead atoms. The Hall–Kier alpha value is -3.38. The number of nitrogens with zero attached hydrogens (tertiary/aromatic N) is 5. The lowest BCUT2D eigenvalue weighted by molar-refractivity contribution is -0.142. The number of aromatic amines is 1. The summed E-state index contributed by atoms with van der Waals surface area (Å²) in [6.45, 7) is 0. The molecular weight excluding hydrogens is 467 g/mol. The lowest BCUT2D eigenvalue weighted by Gasteiger charge is -2.19. The molecule has 0 spiro atoms. The van der Waals surface area contributed by atoms with Crippen LogP contribution in [0.25, 0.3) is 16.6 Å². The number of nitrogens with one attached hydrogen (secondary N) is 1. The maximum Gasteiger partial charge on any atom is 0.332 e. The molecule has 1 aliphatic heterocycles. The van der Waals surface area contributed by atoms with Gasteiger partial charge in [0, 0.05) is 29.1 Å². The molecule has 3 heterocycles. The Balaban J connectivity index is 1.33. The molecule has 0 saturated carbocycles. The summed E-state index contributed by atoms with van der Waals surface area (Å²) < 4.78 is 15.0. The van der Waals surface area contributed by atoms with Crippen molar-refractivity contribution < 1.29 is 19.4 Å². The number of hydrogen-bond acceptors (Lipinski definition) is 8. The van der Waals surface area contributed by atoms with Gasteiger partial charge in [0.05, 0.1) is 10.7 Å². The molecule has 9 nitrogen and oxygen atoms in total. The maximum absolute atomic E-state index is 13.5. The highest BCUT2D eigenvalue weighted by atomic mass is 32.2. The van der Waals surface area contributed by atoms with Crippen molar-refractivity contribution in [2.75, 3.05) is 11.5 Å². The average molecular weight is 485 g/mol. The van der Waals surface area contributed by atoms with Crippen LogP contribution in [0, 0.1) is 5.82 Å². The van der Waals surface area contributed by atoms with E-state index in [9.17, 15) is 19.4 Å². The summed E-state index contributed by atoms with van der Waals surface area (Å²) in [4.78, 5) is 19.9. The highest BCUT2D eigenvalue weighted by Gasteiger charge is 2.43. The summed E-state index contributed by atoms with van der Waals surface area (Å²) in [5, 5.41) is 33.2. The number of aliphatic imine (C=N–C) groups is 1. The van der Waals surface area contributed by atoms with Gasteiger partial charge in [-0.15, -0.1) is 16.9 Å². The number of aromatic hydroxyl groups is 1. The Morgan fingerprint density at radius 3 is 2.85 bits per heavy atom. The fourth-order valence-corrected chi connectivity index (χ4v) is 5.70. The van der Waals surface area contributed by atoms with Crippen molar-refractivity contribution in [1.82, 2.24) is 25.2 Å². The molecule has 12 heteroatoms. The minimum atomic E-state index is -1.30. The zero-order valence-corrected chi connectivity index (χ0v) is 18.6. The zero-order valence-electron chi connectivity index (χ0n) is 17.0. The van der Waals surface area contributed by atoms with Gasteiger partial charge in [-0.3, -0.25) is 4.99 Å². The third-order valence-electron chi connectivity index (χ3n) is 5.20. The van der Waals surface area contributed by atoms with E-state index in [4.69, 9.17) is 0 Å². The van der Waals surface area contributed by atoms with Gasteiger partial charge >= 0.3 is 5.97 Å². The third-order valence-corrected chi connectivity index (χ3v) is 7.50. The van der Waals surface area contributed by atoms with E-state index in [1.54, 1.807) is 35.0 Å². The molecular formula is C21H17FN6O3S2. The number of rotatable bonds is 7. The predicted octanol–water partition coefficient (Wildman–Crippen LogP) is 3.29. The standard InChI is InChI=1S/C21H17FN6O3S2/c22-13-2-1-12-7-14(23-17(12)8-13)9-21(19(30)31)11-33-18(24-21)10-32-20-25-26-27-28(20)15-3-5-16(29)6-4-15/h1-8,23,29H,9-11H2,(H,30,31). The molecule has 1 unspecified atom stereocenters. The largest absolute Gasteiger partial charge is 0.508 e. The number of aromatic nitrogens is 5. The van der Waals surface area contributed by atoms with E-state index >= 15 is 0 Å². The van der Waals surface area contributed by atoms with Crippen molar-refractivity contribution >= 4 is 45.4 Å². The lowest BCUT2D eigenvalue weighted by atomic mass is 9.96. The smallest absolute Gasteiger partial charge is 0.332 e. The van der Waals surface area contributed by atoms with Gasteiger partial charge in [0.1, 0.15) is 11.6 Å². The first-order valence-corrected chi connectivity index (χ1v) is 11.8. The van der Waals surface area contributed by atoms with Crippen LogP contribution in [0.2, 0.25) is 0 Å². The van der Waals surface area contributed by atoms with E-state index in [0.717, 1.165) is 5.39 Å². The number of carbonyl (C=O) groups is 1. The molecule has 1 atom stereocenters. The molecule has 0 saturated heterocycles. The van der Waals surface area contributed by atoms with Crippen LogP contribution >= 0.6 is 23.5 Å². The van der Waals surface area contributed by atoms with Crippen molar-refractivity contribution in [3.05, 3.63) is 60.0 Å². The number of carboxylic acid groups (broad SMARTS) is 1. The van der Waals surface area contributed by atoms with Crippen molar-refractivity contribution in [2.45, 2.75) is 17.1 Å². The number of halogens is 1. The second kappa shape index (κ2) is 8.52. The summed E-state index contributed by atoms with van der Waals surface area (Å²) in [6.07, 6.45) is 0.172. The van der Waals surface area contributed by atoms with Gasteiger partial charge in [0.2, 0.25) is 5.16 Å². The van der Waals surface area contributed by atoms with E-state index in [1.165, 1.54) is 35.7 Å². The monoisotopic (exact) mass is 484 g/mol. The predicted molar refractivity (Wildman–Crippen MR) is 124 cm³/mol. The van der Waals surface area contributed by atoms with Gasteiger partial charge in [-0.2, -0.15) is 4.68 Å². The number of H-pyrrole nitrogens is 1. The fourth-order valence-electron chi connectivity index (χ4n) is 3.58. The van der Waals surface area contributed by atoms with Crippen molar-refractivity contribution in [3.63, 3.8) is 0 Å². The topological polar surface area (TPSA) is 129 Å². The lowest BCUT2D eigenvalue weighted by Crippen LogP contribution is -2.39. The van der Waals surface area contributed by atoms with Crippen LogP contribution in [0.3, 0.4) is 0 Å². The van der Waals surface area contributed by atoms with Crippen LogP contribution in [-0.2, 0) is 11.2 Å². The molecule has 2 aromatic carbocycles. The Morgan fingerprint density at radius 2 is 2.06 bits per heavy atom. The molecule has 5 rings (SSSR count). The maximum atomic E-state index is 13.5. The molecule has 4 aromatic rings. The van der Waals surface area contributed by atoms with Crippen LogP contribution in [-0.4, -0.2) is 63.5 Å². The SMILES string of the molecule is O=C(O)C1(Cc2cc3ccc(F)cc3[nH]2)CSC(CSc2nnnn2-c2ccc(O)cc2)=N1. The minimum Gasteiger partial charge on any atom is -0.508 e. The van der Waals surface area contributed by atoms with Gasteiger partial charge < -0.3 is 15.2 Å². The molecule has 0 fully saturated rings. The van der Waals surface area contributed by atoms with Crippen LogP contribution in [0.4, 0.5) is 4.39 Å². The van der Waals surface area contributed by atoms with Gasteiger partial charge in [-0.25, -0.2) is 9.18 Å². The Morgan fingerprint density at radius 1 is 1.24 bits per heavy atom. The molecule has 2 aromatic heterocycles. The Kier molecular flexibility index (Phi) is 5.54. The van der Waals surface area contributed by atoms with Gasteiger partial charge in [0.15, 0.2) is 5.54 Å². The summed E-state index contributed by atoms with van der Waals surface area (Å²) in [7, 11) is 0. The van der Waals surface area contributed by atoms with E-state index in [-0.39, 0.29) is 18.0 Å². The van der Waals surface area contributed by atoms with E-state index in [0.29, 0.717) is 38.6 Å². The van der Waals surface area contributed by atoms with Gasteiger partial charge in [-0.1, -0.05) is 11.8 Å². The summed E-state index contributed by atoms with van der Waals surface area (Å²) in [6, 6.07) is 12.7. The van der Waals surface area contributed by atoms with Crippen LogP contribution in [0.15, 0.2) is 58.7 Å². The van der Waals surface area contributed by atoms with Gasteiger partial charge in [0.25, 0.3) is 0 Å². The van der Waals surface area contributed by atoms with Crippen molar-refractivity contribution in [3.8, 4) is 11.4 Å². The molecule has 168 valence electrons. The number of fused-ring (bicyclic) bond motifs is 1. The molecule has 0 aliphatic carbocycles. The number of phenolic OH excluding ortho intramolecular Hbond substituents is 1. The number of benzene rings is 2. The Labute approximate surface area is 195 Å². The second-order valence-electron chi connectivity index (χ2n) is 7.51. The minimum absolute atomic E-state index is 0.142. The Bertz CT molecular complexity index is 1370. The highest BCUT2D eigenvalue weighted by molar-refractivity contribution is 8.16. The molecule has 3 N–H and O–H groups in total. The summed E-state index contributed by atoms with van der Waals surface area (Å²) in [5.74, 6) is -0.509. The van der Waals surface area contributed by atoms with Gasteiger partial charge in [-0.05, 0) is 64.3 Å². The summed E-state index contributed by atoms with van der Waals surface area (Å²) in [5.41, 5.74) is 0.698. The van der Waals surface area contributed by atoms with Crippen LogP contribution in [0.1, 0.15) is 5.69 Å². The molecule has 0 radical (unpaired) electrons. The first-order valence-electron chi connectivity index (χ1n) is 9.84. The van der Waals surface area contributed by atoms with E-state index in [2.05, 4.69) is 25.5 Å². The number of phenols is 1. The molecule has 33 heavy (non-hydrogen) atoms. The first kappa shape index (κ1) is 21.5. The van der Waals surface area contributed by atoms with Crippen molar-refractivity contribution in [1.29, 1.82) is 0 Å². The number of aliphatic carboxylic acids is 1.